The summed E-state index contributed by atoms with van der Waals surface area (Å²) in [7, 11) is 3.11. The zero-order valence-corrected chi connectivity index (χ0v) is 14.0. The highest BCUT2D eigenvalue weighted by molar-refractivity contribution is 6.30. The largest absolute Gasteiger partial charge is 0.493 e. The van der Waals surface area contributed by atoms with Crippen LogP contribution in [0.3, 0.4) is 0 Å². The molecule has 0 saturated carbocycles. The predicted molar refractivity (Wildman–Crippen MR) is 92.7 cm³/mol. The Morgan fingerprint density at radius 2 is 1.61 bits per heavy atom. The molecule has 23 heavy (non-hydrogen) atoms. The fourth-order valence-corrected chi connectivity index (χ4v) is 2.15. The summed E-state index contributed by atoms with van der Waals surface area (Å²) in [4.78, 5) is 12.3. The number of nitrogens with one attached hydrogen (secondary N) is 2. The van der Waals surface area contributed by atoms with Crippen LogP contribution in [0.25, 0.3) is 0 Å². The van der Waals surface area contributed by atoms with Crippen LogP contribution < -0.4 is 20.1 Å². The topological polar surface area (TPSA) is 59.6 Å². The summed E-state index contributed by atoms with van der Waals surface area (Å²) in [6.45, 7) is 1.78. The van der Waals surface area contributed by atoms with Gasteiger partial charge in [0, 0.05) is 22.5 Å². The van der Waals surface area contributed by atoms with E-state index in [2.05, 4.69) is 10.6 Å². The van der Waals surface area contributed by atoms with E-state index in [9.17, 15) is 4.79 Å². The molecular weight excluding hydrogens is 316 g/mol. The third kappa shape index (κ3) is 4.53. The van der Waals surface area contributed by atoms with E-state index in [-0.39, 0.29) is 5.91 Å². The number of hydrogen-bond acceptors (Lipinski definition) is 4. The fourth-order valence-electron chi connectivity index (χ4n) is 2.03. The van der Waals surface area contributed by atoms with Gasteiger partial charge in [0.15, 0.2) is 11.5 Å². The monoisotopic (exact) mass is 334 g/mol. The number of benzene rings is 2. The average molecular weight is 335 g/mol. The summed E-state index contributed by atoms with van der Waals surface area (Å²) in [6.07, 6.45) is 0. The smallest absolute Gasteiger partial charge is 0.246 e. The maximum absolute atomic E-state index is 12.3. The SMILES string of the molecule is COc1ccc(NC(=O)C(C)Nc2ccc(Cl)cc2)cc1OC. The second-order valence-corrected chi connectivity index (χ2v) is 5.37. The number of anilines is 2. The van der Waals surface area contributed by atoms with Crippen molar-refractivity contribution in [2.45, 2.75) is 13.0 Å². The first-order valence-corrected chi connectivity index (χ1v) is 7.46. The maximum Gasteiger partial charge on any atom is 0.246 e. The molecule has 0 spiro atoms. The van der Waals surface area contributed by atoms with Crippen LogP contribution in [0.5, 0.6) is 11.5 Å². The molecule has 0 aliphatic carbocycles. The normalized spacial score (nSPS) is 11.5. The van der Waals surface area contributed by atoms with Crippen molar-refractivity contribution in [1.29, 1.82) is 0 Å². The molecule has 0 fully saturated rings. The van der Waals surface area contributed by atoms with Crippen molar-refractivity contribution in [2.24, 2.45) is 0 Å². The number of methoxy groups -OCH3 is 2. The summed E-state index contributed by atoms with van der Waals surface area (Å²) >= 11 is 5.84. The number of ether oxygens (including phenoxy) is 2. The van der Waals surface area contributed by atoms with Crippen molar-refractivity contribution in [3.63, 3.8) is 0 Å². The lowest BCUT2D eigenvalue weighted by Crippen LogP contribution is -2.31. The van der Waals surface area contributed by atoms with Crippen LogP contribution in [-0.4, -0.2) is 26.2 Å². The molecule has 0 bridgehead atoms. The maximum atomic E-state index is 12.3. The van der Waals surface area contributed by atoms with E-state index in [1.54, 1.807) is 51.5 Å². The number of rotatable bonds is 6. The number of amides is 1. The molecule has 2 aromatic carbocycles. The number of hydrogen-bond donors (Lipinski definition) is 2. The molecule has 2 aromatic rings. The summed E-state index contributed by atoms with van der Waals surface area (Å²) in [5.41, 5.74) is 1.46. The van der Waals surface area contributed by atoms with Crippen LogP contribution in [0, 0.1) is 0 Å². The molecule has 2 rings (SSSR count). The van der Waals surface area contributed by atoms with E-state index in [0.717, 1.165) is 5.69 Å². The first kappa shape index (κ1) is 17.0. The van der Waals surface area contributed by atoms with E-state index in [0.29, 0.717) is 22.2 Å². The Bertz CT molecular complexity index is 674. The molecule has 1 unspecified atom stereocenters. The second kappa shape index (κ2) is 7.74. The highest BCUT2D eigenvalue weighted by Gasteiger charge is 2.14. The summed E-state index contributed by atoms with van der Waals surface area (Å²) < 4.78 is 10.4. The van der Waals surface area contributed by atoms with Gasteiger partial charge in [-0.1, -0.05) is 11.6 Å². The van der Waals surface area contributed by atoms with Gasteiger partial charge in [-0.15, -0.1) is 0 Å². The van der Waals surface area contributed by atoms with Crippen LogP contribution in [0.4, 0.5) is 11.4 Å². The third-order valence-corrected chi connectivity index (χ3v) is 3.52. The molecule has 6 heteroatoms. The minimum Gasteiger partial charge on any atom is -0.493 e. The number of carbonyl (C=O) groups is 1. The summed E-state index contributed by atoms with van der Waals surface area (Å²) in [6, 6.07) is 12.0. The van der Waals surface area contributed by atoms with Crippen LogP contribution in [-0.2, 0) is 4.79 Å². The molecule has 1 amide bonds. The standard InChI is InChI=1S/C17H19ClN2O3/c1-11(19-13-6-4-12(18)5-7-13)17(21)20-14-8-9-15(22-2)16(10-14)23-3/h4-11,19H,1-3H3,(H,20,21). The first-order valence-electron chi connectivity index (χ1n) is 7.08. The molecule has 2 N–H and O–H groups in total. The summed E-state index contributed by atoms with van der Waals surface area (Å²) in [5.74, 6) is 1.01. The molecule has 0 saturated heterocycles. The predicted octanol–water partition coefficient (Wildman–Crippen LogP) is 3.80. The van der Waals surface area contributed by atoms with Gasteiger partial charge in [-0.2, -0.15) is 0 Å². The quantitative estimate of drug-likeness (QED) is 0.843. The van der Waals surface area contributed by atoms with Crippen molar-refractivity contribution < 1.29 is 14.3 Å². The number of halogens is 1. The second-order valence-electron chi connectivity index (χ2n) is 4.93. The van der Waals surface area contributed by atoms with Crippen molar-refractivity contribution in [3.05, 3.63) is 47.5 Å². The van der Waals surface area contributed by atoms with Crippen LogP contribution in [0.2, 0.25) is 5.02 Å². The molecule has 122 valence electrons. The van der Waals surface area contributed by atoms with Crippen molar-refractivity contribution >= 4 is 28.9 Å². The van der Waals surface area contributed by atoms with Gasteiger partial charge in [-0.25, -0.2) is 0 Å². The van der Waals surface area contributed by atoms with E-state index in [1.807, 2.05) is 12.1 Å². The Kier molecular flexibility index (Phi) is 5.71. The molecular formula is C17H19ClN2O3. The van der Waals surface area contributed by atoms with E-state index in [4.69, 9.17) is 21.1 Å². The fraction of sp³-hybridized carbons (Fsp3) is 0.235. The molecule has 0 radical (unpaired) electrons. The Morgan fingerprint density at radius 3 is 2.22 bits per heavy atom. The molecule has 1 atom stereocenters. The van der Waals surface area contributed by atoms with Crippen molar-refractivity contribution in [2.75, 3.05) is 24.9 Å². The molecule has 0 aliphatic heterocycles. The number of carbonyl (C=O) groups excluding carboxylic acids is 1. The zero-order chi connectivity index (χ0) is 16.8. The van der Waals surface area contributed by atoms with Gasteiger partial charge in [-0.05, 0) is 43.3 Å². The van der Waals surface area contributed by atoms with Crippen LogP contribution >= 0.6 is 11.6 Å². The van der Waals surface area contributed by atoms with Crippen molar-refractivity contribution in [1.82, 2.24) is 0 Å². The summed E-state index contributed by atoms with van der Waals surface area (Å²) in [5, 5.41) is 6.60. The van der Waals surface area contributed by atoms with Gasteiger partial charge in [0.05, 0.1) is 14.2 Å². The Hall–Kier alpha value is -2.40. The lowest BCUT2D eigenvalue weighted by molar-refractivity contribution is -0.116. The van der Waals surface area contributed by atoms with Gasteiger partial charge in [0.2, 0.25) is 5.91 Å². The van der Waals surface area contributed by atoms with Crippen LogP contribution in [0.15, 0.2) is 42.5 Å². The molecule has 0 aliphatic rings. The lowest BCUT2D eigenvalue weighted by Gasteiger charge is -2.16. The van der Waals surface area contributed by atoms with Gasteiger partial charge in [-0.3, -0.25) is 4.79 Å². The van der Waals surface area contributed by atoms with E-state index >= 15 is 0 Å². The zero-order valence-electron chi connectivity index (χ0n) is 13.2. The van der Waals surface area contributed by atoms with Crippen molar-refractivity contribution in [3.8, 4) is 11.5 Å². The average Bonchev–Trinajstić information content (AvgIpc) is 2.56. The molecule has 5 nitrogen and oxygen atoms in total. The Labute approximate surface area is 140 Å². The third-order valence-electron chi connectivity index (χ3n) is 3.27. The van der Waals surface area contributed by atoms with Gasteiger partial charge in [0.25, 0.3) is 0 Å². The van der Waals surface area contributed by atoms with Gasteiger partial charge < -0.3 is 20.1 Å². The Balaban J connectivity index is 2.01. The van der Waals surface area contributed by atoms with Gasteiger partial charge >= 0.3 is 0 Å². The molecule has 0 aromatic heterocycles. The van der Waals surface area contributed by atoms with Crippen LogP contribution in [0.1, 0.15) is 6.92 Å². The minimum absolute atomic E-state index is 0.160. The van der Waals surface area contributed by atoms with E-state index < -0.39 is 6.04 Å². The van der Waals surface area contributed by atoms with E-state index in [1.165, 1.54) is 0 Å². The van der Waals surface area contributed by atoms with Gasteiger partial charge in [0.1, 0.15) is 6.04 Å². The highest BCUT2D eigenvalue weighted by Crippen LogP contribution is 2.29. The molecule has 0 heterocycles. The highest BCUT2D eigenvalue weighted by atomic mass is 35.5. The Morgan fingerprint density at radius 1 is 1.00 bits per heavy atom. The first-order chi connectivity index (χ1) is 11.0. The lowest BCUT2D eigenvalue weighted by atomic mass is 10.2. The minimum atomic E-state index is -0.413.